The van der Waals surface area contributed by atoms with Crippen molar-refractivity contribution in [1.29, 1.82) is 0 Å². The molecule has 0 aliphatic heterocycles. The second-order valence-electron chi connectivity index (χ2n) is 4.86. The predicted molar refractivity (Wildman–Crippen MR) is 70.7 cm³/mol. The Morgan fingerprint density at radius 2 is 2.00 bits per heavy atom. The molecule has 0 amide bonds. The van der Waals surface area contributed by atoms with Crippen molar-refractivity contribution in [2.24, 2.45) is 0 Å². The standard InChI is InChI=1S/C14H17F2N3/c1-8(2)17-7-14-18-6-13(19-14)10-5-11(15)9(3)4-12(10)16/h4-6,8,17H,7H2,1-3H3,(H,18,19). The molecule has 19 heavy (non-hydrogen) atoms. The lowest BCUT2D eigenvalue weighted by Gasteiger charge is -2.05. The van der Waals surface area contributed by atoms with Gasteiger partial charge in [-0.25, -0.2) is 13.8 Å². The molecule has 0 fully saturated rings. The van der Waals surface area contributed by atoms with Crippen LogP contribution in [0.1, 0.15) is 25.2 Å². The van der Waals surface area contributed by atoms with Gasteiger partial charge < -0.3 is 10.3 Å². The van der Waals surface area contributed by atoms with Crippen molar-refractivity contribution < 1.29 is 8.78 Å². The molecule has 1 heterocycles. The number of aryl methyl sites for hydroxylation is 1. The van der Waals surface area contributed by atoms with E-state index in [0.717, 1.165) is 0 Å². The molecule has 0 aliphatic carbocycles. The van der Waals surface area contributed by atoms with E-state index in [2.05, 4.69) is 15.3 Å². The van der Waals surface area contributed by atoms with E-state index in [1.807, 2.05) is 13.8 Å². The third-order valence-electron chi connectivity index (χ3n) is 2.84. The van der Waals surface area contributed by atoms with E-state index in [-0.39, 0.29) is 5.56 Å². The number of benzene rings is 1. The molecule has 0 saturated heterocycles. The maximum absolute atomic E-state index is 13.8. The Bertz CT molecular complexity index is 576. The van der Waals surface area contributed by atoms with E-state index in [1.54, 1.807) is 0 Å². The number of hydrogen-bond acceptors (Lipinski definition) is 2. The third-order valence-corrected chi connectivity index (χ3v) is 2.84. The number of aromatic nitrogens is 2. The Labute approximate surface area is 111 Å². The minimum atomic E-state index is -0.453. The van der Waals surface area contributed by atoms with Gasteiger partial charge in [0.15, 0.2) is 0 Å². The Hall–Kier alpha value is -1.75. The summed E-state index contributed by atoms with van der Waals surface area (Å²) in [5.74, 6) is -0.178. The molecule has 2 aromatic rings. The maximum Gasteiger partial charge on any atom is 0.133 e. The van der Waals surface area contributed by atoms with Crippen LogP contribution in [0, 0.1) is 18.6 Å². The van der Waals surface area contributed by atoms with E-state index in [4.69, 9.17) is 0 Å². The first-order chi connectivity index (χ1) is 8.97. The SMILES string of the molecule is Cc1cc(F)c(-c2cnc(CNC(C)C)[nH]2)cc1F. The zero-order chi connectivity index (χ0) is 14.0. The topological polar surface area (TPSA) is 40.7 Å². The Kier molecular flexibility index (Phi) is 3.95. The number of imidazole rings is 1. The Morgan fingerprint density at radius 1 is 1.26 bits per heavy atom. The monoisotopic (exact) mass is 265 g/mol. The maximum atomic E-state index is 13.8. The summed E-state index contributed by atoms with van der Waals surface area (Å²) in [7, 11) is 0. The molecule has 2 rings (SSSR count). The molecule has 0 spiro atoms. The van der Waals surface area contributed by atoms with Crippen LogP contribution in [0.2, 0.25) is 0 Å². The molecule has 2 N–H and O–H groups in total. The highest BCUT2D eigenvalue weighted by atomic mass is 19.1. The smallest absolute Gasteiger partial charge is 0.133 e. The number of aromatic amines is 1. The predicted octanol–water partition coefficient (Wildman–Crippen LogP) is 3.16. The summed E-state index contributed by atoms with van der Waals surface area (Å²) < 4.78 is 27.3. The molecule has 3 nitrogen and oxygen atoms in total. The molecular formula is C14H17F2N3. The van der Waals surface area contributed by atoms with Crippen molar-refractivity contribution in [2.45, 2.75) is 33.4 Å². The van der Waals surface area contributed by atoms with Crippen molar-refractivity contribution in [2.75, 3.05) is 0 Å². The molecule has 102 valence electrons. The molecule has 0 saturated carbocycles. The molecule has 5 heteroatoms. The van der Waals surface area contributed by atoms with Crippen molar-refractivity contribution in [3.63, 3.8) is 0 Å². The summed E-state index contributed by atoms with van der Waals surface area (Å²) in [6.07, 6.45) is 1.52. The first-order valence-electron chi connectivity index (χ1n) is 6.20. The van der Waals surface area contributed by atoms with Crippen molar-refractivity contribution in [1.82, 2.24) is 15.3 Å². The number of hydrogen-bond donors (Lipinski definition) is 2. The van der Waals surface area contributed by atoms with Crippen LogP contribution in [0.5, 0.6) is 0 Å². The van der Waals surface area contributed by atoms with Crippen LogP contribution in [0.15, 0.2) is 18.3 Å². The summed E-state index contributed by atoms with van der Waals surface area (Å²) in [5, 5.41) is 3.20. The zero-order valence-corrected chi connectivity index (χ0v) is 11.2. The lowest BCUT2D eigenvalue weighted by Crippen LogP contribution is -2.22. The summed E-state index contributed by atoms with van der Waals surface area (Å²) in [5.41, 5.74) is 0.978. The van der Waals surface area contributed by atoms with Gasteiger partial charge in [-0.1, -0.05) is 13.8 Å². The summed E-state index contributed by atoms with van der Waals surface area (Å²) in [6, 6.07) is 2.72. The fourth-order valence-electron chi connectivity index (χ4n) is 1.74. The second-order valence-corrected chi connectivity index (χ2v) is 4.86. The van der Waals surface area contributed by atoms with Crippen LogP contribution in [0.4, 0.5) is 8.78 Å². The molecule has 0 bridgehead atoms. The quantitative estimate of drug-likeness (QED) is 0.891. The van der Waals surface area contributed by atoms with Gasteiger partial charge in [0.1, 0.15) is 17.5 Å². The summed E-state index contributed by atoms with van der Waals surface area (Å²) >= 11 is 0. The highest BCUT2D eigenvalue weighted by Gasteiger charge is 2.11. The van der Waals surface area contributed by atoms with Gasteiger partial charge in [0.25, 0.3) is 0 Å². The Balaban J connectivity index is 2.25. The summed E-state index contributed by atoms with van der Waals surface area (Å²) in [6.45, 7) is 6.15. The van der Waals surface area contributed by atoms with E-state index in [9.17, 15) is 8.78 Å². The van der Waals surface area contributed by atoms with Gasteiger partial charge >= 0.3 is 0 Å². The molecule has 0 aliphatic rings. The van der Waals surface area contributed by atoms with E-state index in [1.165, 1.54) is 25.3 Å². The van der Waals surface area contributed by atoms with Gasteiger partial charge in [-0.3, -0.25) is 0 Å². The number of rotatable bonds is 4. The fourth-order valence-corrected chi connectivity index (χ4v) is 1.74. The summed E-state index contributed by atoms with van der Waals surface area (Å²) in [4.78, 5) is 7.14. The average molecular weight is 265 g/mol. The van der Waals surface area contributed by atoms with Gasteiger partial charge in [-0.15, -0.1) is 0 Å². The van der Waals surface area contributed by atoms with Gasteiger partial charge in [0.2, 0.25) is 0 Å². The molecule has 0 atom stereocenters. The molecule has 0 radical (unpaired) electrons. The normalized spacial score (nSPS) is 11.3. The minimum absolute atomic E-state index is 0.200. The minimum Gasteiger partial charge on any atom is -0.341 e. The average Bonchev–Trinajstić information content (AvgIpc) is 2.80. The zero-order valence-electron chi connectivity index (χ0n) is 11.2. The number of H-pyrrole nitrogens is 1. The van der Waals surface area contributed by atoms with Gasteiger partial charge in [0.05, 0.1) is 18.4 Å². The van der Waals surface area contributed by atoms with Crippen LogP contribution in [-0.4, -0.2) is 16.0 Å². The first-order valence-corrected chi connectivity index (χ1v) is 6.20. The van der Waals surface area contributed by atoms with Gasteiger partial charge in [-0.05, 0) is 24.6 Å². The largest absolute Gasteiger partial charge is 0.341 e. The molecule has 1 aromatic heterocycles. The van der Waals surface area contributed by atoms with Crippen LogP contribution >= 0.6 is 0 Å². The van der Waals surface area contributed by atoms with Crippen LogP contribution < -0.4 is 5.32 Å². The van der Waals surface area contributed by atoms with Crippen molar-refractivity contribution in [3.05, 3.63) is 41.4 Å². The van der Waals surface area contributed by atoms with Gasteiger partial charge in [0, 0.05) is 11.6 Å². The molecular weight excluding hydrogens is 248 g/mol. The third kappa shape index (κ3) is 3.17. The first kappa shape index (κ1) is 13.7. The fraction of sp³-hybridized carbons (Fsp3) is 0.357. The highest BCUT2D eigenvalue weighted by molar-refractivity contribution is 5.60. The van der Waals surface area contributed by atoms with Gasteiger partial charge in [-0.2, -0.15) is 0 Å². The van der Waals surface area contributed by atoms with E-state index in [0.29, 0.717) is 29.7 Å². The van der Waals surface area contributed by atoms with Crippen molar-refractivity contribution in [3.8, 4) is 11.3 Å². The Morgan fingerprint density at radius 3 is 2.68 bits per heavy atom. The number of halogens is 2. The van der Waals surface area contributed by atoms with Crippen molar-refractivity contribution >= 4 is 0 Å². The number of nitrogens with zero attached hydrogens (tertiary/aromatic N) is 1. The van der Waals surface area contributed by atoms with Crippen LogP contribution in [0.3, 0.4) is 0 Å². The lowest BCUT2D eigenvalue weighted by molar-refractivity contribution is 0.575. The van der Waals surface area contributed by atoms with Crippen LogP contribution in [-0.2, 0) is 6.54 Å². The molecule has 0 unspecified atom stereocenters. The van der Waals surface area contributed by atoms with E-state index >= 15 is 0 Å². The number of nitrogens with one attached hydrogen (secondary N) is 2. The lowest BCUT2D eigenvalue weighted by atomic mass is 10.1. The highest BCUT2D eigenvalue weighted by Crippen LogP contribution is 2.23. The second kappa shape index (κ2) is 5.48. The van der Waals surface area contributed by atoms with E-state index < -0.39 is 11.6 Å². The molecule has 1 aromatic carbocycles. The van der Waals surface area contributed by atoms with Crippen LogP contribution in [0.25, 0.3) is 11.3 Å².